The first-order valence-corrected chi connectivity index (χ1v) is 5.24. The van der Waals surface area contributed by atoms with Crippen LogP contribution >= 0.6 is 12.6 Å². The Bertz CT molecular complexity index is 151. The van der Waals surface area contributed by atoms with E-state index < -0.39 is 6.04 Å². The molecule has 0 bridgehead atoms. The van der Waals surface area contributed by atoms with E-state index in [1.54, 1.807) is 0 Å². The van der Waals surface area contributed by atoms with Crippen molar-refractivity contribution in [1.82, 2.24) is 0 Å². The minimum atomic E-state index is -0.581. The van der Waals surface area contributed by atoms with Crippen molar-refractivity contribution >= 4 is 18.6 Å². The van der Waals surface area contributed by atoms with Crippen LogP contribution in [0.1, 0.15) is 26.7 Å². The predicted octanol–water partition coefficient (Wildman–Crippen LogP) is 1.22. The van der Waals surface area contributed by atoms with Crippen LogP contribution in [0.5, 0.6) is 0 Å². The smallest absolute Gasteiger partial charge is 0.323 e. The van der Waals surface area contributed by atoms with Gasteiger partial charge in [-0.15, -0.1) is 0 Å². The van der Waals surface area contributed by atoms with E-state index >= 15 is 0 Å². The Balaban J connectivity index is 3.37. The molecule has 4 heteroatoms. The third-order valence-corrected chi connectivity index (χ3v) is 2.06. The van der Waals surface area contributed by atoms with Gasteiger partial charge >= 0.3 is 5.97 Å². The molecule has 78 valence electrons. The normalized spacial score (nSPS) is 13.0. The predicted molar refractivity (Wildman–Crippen MR) is 56.9 cm³/mol. The van der Waals surface area contributed by atoms with E-state index in [9.17, 15) is 4.79 Å². The van der Waals surface area contributed by atoms with Crippen molar-refractivity contribution in [2.24, 2.45) is 11.7 Å². The maximum Gasteiger partial charge on any atom is 0.323 e. The number of rotatable bonds is 6. The fourth-order valence-corrected chi connectivity index (χ4v) is 0.995. The molecule has 2 N–H and O–H groups in total. The molecule has 0 aliphatic heterocycles. The van der Waals surface area contributed by atoms with Gasteiger partial charge in [-0.1, -0.05) is 13.8 Å². The molecule has 0 rings (SSSR count). The largest absolute Gasteiger partial charge is 0.465 e. The van der Waals surface area contributed by atoms with Crippen LogP contribution in [0.15, 0.2) is 0 Å². The molecule has 0 radical (unpaired) electrons. The fraction of sp³-hybridized carbons (Fsp3) is 0.889. The number of esters is 1. The number of ether oxygens (including phenoxy) is 1. The second kappa shape index (κ2) is 7.21. The fourth-order valence-electron chi connectivity index (χ4n) is 0.846. The summed E-state index contributed by atoms with van der Waals surface area (Å²) in [5, 5.41) is 0. The van der Waals surface area contributed by atoms with Crippen LogP contribution in [0, 0.1) is 5.92 Å². The molecule has 0 aliphatic carbocycles. The Morgan fingerprint density at radius 1 is 1.54 bits per heavy atom. The zero-order chi connectivity index (χ0) is 10.3. The number of hydrogen-bond acceptors (Lipinski definition) is 4. The van der Waals surface area contributed by atoms with Crippen LogP contribution in [0.2, 0.25) is 0 Å². The van der Waals surface area contributed by atoms with Crippen molar-refractivity contribution in [2.45, 2.75) is 32.7 Å². The van der Waals surface area contributed by atoms with Crippen LogP contribution in [0.4, 0.5) is 0 Å². The Morgan fingerprint density at radius 2 is 2.15 bits per heavy atom. The summed E-state index contributed by atoms with van der Waals surface area (Å²) in [6.45, 7) is 4.75. The molecule has 0 aromatic heterocycles. The van der Waals surface area contributed by atoms with Crippen molar-refractivity contribution in [2.75, 3.05) is 12.4 Å². The van der Waals surface area contributed by atoms with Crippen molar-refractivity contribution < 1.29 is 9.53 Å². The summed E-state index contributed by atoms with van der Waals surface area (Å²) in [6, 6.07) is -0.581. The molecule has 0 amide bonds. The van der Waals surface area contributed by atoms with E-state index in [4.69, 9.17) is 10.5 Å². The van der Waals surface area contributed by atoms with Crippen LogP contribution in [-0.4, -0.2) is 24.4 Å². The zero-order valence-corrected chi connectivity index (χ0v) is 9.22. The molecule has 0 aliphatic rings. The second-order valence-corrected chi connectivity index (χ2v) is 3.86. The topological polar surface area (TPSA) is 52.3 Å². The van der Waals surface area contributed by atoms with Gasteiger partial charge in [0.1, 0.15) is 6.04 Å². The summed E-state index contributed by atoms with van der Waals surface area (Å²) in [5.41, 5.74) is 5.41. The summed E-state index contributed by atoms with van der Waals surface area (Å²) >= 11 is 3.91. The molecule has 0 saturated heterocycles. The summed E-state index contributed by atoms with van der Waals surface area (Å²) in [5.74, 6) is 0.638. The average Bonchev–Trinajstić information content (AvgIpc) is 2.10. The quantitative estimate of drug-likeness (QED) is 0.389. The third-order valence-electron chi connectivity index (χ3n) is 1.67. The Hall–Kier alpha value is -0.220. The highest BCUT2D eigenvalue weighted by Gasteiger charge is 2.12. The van der Waals surface area contributed by atoms with E-state index in [1.807, 2.05) is 0 Å². The number of thiol groups is 1. The van der Waals surface area contributed by atoms with Gasteiger partial charge in [-0.25, -0.2) is 0 Å². The Morgan fingerprint density at radius 3 is 2.62 bits per heavy atom. The Labute approximate surface area is 85.4 Å². The van der Waals surface area contributed by atoms with Gasteiger partial charge in [0.15, 0.2) is 0 Å². The zero-order valence-electron chi connectivity index (χ0n) is 8.32. The first-order valence-electron chi connectivity index (χ1n) is 4.61. The molecule has 0 saturated carbocycles. The lowest BCUT2D eigenvalue weighted by molar-refractivity contribution is -0.144. The summed E-state index contributed by atoms with van der Waals surface area (Å²) in [4.78, 5) is 11.0. The number of hydrogen-bond donors (Lipinski definition) is 2. The Kier molecular flexibility index (Phi) is 7.09. The molecule has 0 fully saturated rings. The summed E-state index contributed by atoms with van der Waals surface area (Å²) in [7, 11) is 0. The highest BCUT2D eigenvalue weighted by Crippen LogP contribution is 2.03. The van der Waals surface area contributed by atoms with Gasteiger partial charge in [0.2, 0.25) is 0 Å². The number of carbonyl (C=O) groups is 1. The standard InChI is InChI=1S/C9H19NO2S/c1-7(2)4-3-5-12-9(11)8(10)6-13/h7-8,13H,3-6,10H2,1-2H3/t8-/m1/s1. The lowest BCUT2D eigenvalue weighted by Crippen LogP contribution is -2.34. The van der Waals surface area contributed by atoms with Crippen molar-refractivity contribution in [3.63, 3.8) is 0 Å². The number of nitrogens with two attached hydrogens (primary N) is 1. The maximum absolute atomic E-state index is 11.0. The lowest BCUT2D eigenvalue weighted by Gasteiger charge is -2.09. The highest BCUT2D eigenvalue weighted by atomic mass is 32.1. The number of carbonyl (C=O) groups excluding carboxylic acids is 1. The molecule has 1 atom stereocenters. The third kappa shape index (κ3) is 6.90. The SMILES string of the molecule is CC(C)CCCOC(=O)[C@H](N)CS. The van der Waals surface area contributed by atoms with Gasteiger partial charge in [0, 0.05) is 5.75 Å². The van der Waals surface area contributed by atoms with Gasteiger partial charge in [0.05, 0.1) is 6.61 Å². The molecular formula is C9H19NO2S. The van der Waals surface area contributed by atoms with Crippen molar-refractivity contribution in [1.29, 1.82) is 0 Å². The van der Waals surface area contributed by atoms with E-state index in [-0.39, 0.29) is 5.97 Å². The van der Waals surface area contributed by atoms with Gasteiger partial charge in [-0.2, -0.15) is 12.6 Å². The first kappa shape index (κ1) is 12.8. The van der Waals surface area contributed by atoms with E-state index in [2.05, 4.69) is 26.5 Å². The average molecular weight is 205 g/mol. The minimum absolute atomic E-state index is 0.336. The van der Waals surface area contributed by atoms with Gasteiger partial charge in [0.25, 0.3) is 0 Å². The van der Waals surface area contributed by atoms with Crippen LogP contribution in [-0.2, 0) is 9.53 Å². The van der Waals surface area contributed by atoms with Crippen molar-refractivity contribution in [3.05, 3.63) is 0 Å². The van der Waals surface area contributed by atoms with Crippen molar-refractivity contribution in [3.8, 4) is 0 Å². The van der Waals surface area contributed by atoms with Crippen LogP contribution < -0.4 is 5.73 Å². The maximum atomic E-state index is 11.0. The molecule has 0 heterocycles. The van der Waals surface area contributed by atoms with Gasteiger partial charge in [-0.3, -0.25) is 4.79 Å². The lowest BCUT2D eigenvalue weighted by atomic mass is 10.1. The monoisotopic (exact) mass is 205 g/mol. The highest BCUT2D eigenvalue weighted by molar-refractivity contribution is 7.80. The van der Waals surface area contributed by atoms with Crippen LogP contribution in [0.25, 0.3) is 0 Å². The van der Waals surface area contributed by atoms with Gasteiger partial charge < -0.3 is 10.5 Å². The molecule has 13 heavy (non-hydrogen) atoms. The van der Waals surface area contributed by atoms with E-state index in [0.29, 0.717) is 18.3 Å². The second-order valence-electron chi connectivity index (χ2n) is 3.49. The molecular weight excluding hydrogens is 186 g/mol. The molecule has 0 aromatic rings. The summed E-state index contributed by atoms with van der Waals surface area (Å²) in [6.07, 6.45) is 1.98. The molecule has 0 spiro atoms. The van der Waals surface area contributed by atoms with E-state index in [1.165, 1.54) is 0 Å². The molecule has 3 nitrogen and oxygen atoms in total. The first-order chi connectivity index (χ1) is 6.07. The van der Waals surface area contributed by atoms with Gasteiger partial charge in [-0.05, 0) is 18.8 Å². The summed E-state index contributed by atoms with van der Waals surface area (Å²) < 4.78 is 4.93. The minimum Gasteiger partial charge on any atom is -0.465 e. The van der Waals surface area contributed by atoms with Crippen LogP contribution in [0.3, 0.4) is 0 Å². The molecule has 0 aromatic carbocycles. The van der Waals surface area contributed by atoms with E-state index in [0.717, 1.165) is 12.8 Å². The molecule has 0 unspecified atom stereocenters.